The van der Waals surface area contributed by atoms with E-state index in [4.69, 9.17) is 14.2 Å². The molecule has 2 aromatic rings. The Morgan fingerprint density at radius 3 is 2.60 bits per heavy atom. The van der Waals surface area contributed by atoms with E-state index in [0.29, 0.717) is 28.5 Å². The second-order valence-electron chi connectivity index (χ2n) is 5.52. The van der Waals surface area contributed by atoms with Crippen molar-refractivity contribution in [2.45, 2.75) is 18.7 Å². The molecule has 0 aromatic heterocycles. The molecule has 7 nitrogen and oxygen atoms in total. The maximum absolute atomic E-state index is 12.3. The molecule has 1 aliphatic heterocycles. The quantitative estimate of drug-likeness (QED) is 0.652. The highest BCUT2D eigenvalue weighted by Crippen LogP contribution is 2.41. The summed E-state index contributed by atoms with van der Waals surface area (Å²) in [5, 5.41) is 3.99. The molecule has 0 aliphatic carbocycles. The van der Waals surface area contributed by atoms with Crippen molar-refractivity contribution in [2.75, 3.05) is 13.9 Å². The topological polar surface area (TPSA) is 86.2 Å². The summed E-state index contributed by atoms with van der Waals surface area (Å²) in [5.41, 5.74) is 2.10. The molecule has 0 atom stereocenters. The normalized spacial score (nSPS) is 13.6. The van der Waals surface area contributed by atoms with Gasteiger partial charge in [0.1, 0.15) is 0 Å². The molecule has 1 aliphatic rings. The first-order valence-electron chi connectivity index (χ1n) is 7.51. The van der Waals surface area contributed by atoms with Gasteiger partial charge in [-0.2, -0.15) is 18.4 Å². The molecule has 0 bridgehead atoms. The first kappa shape index (κ1) is 17.1. The Bertz CT molecular complexity index is 921. The highest BCUT2D eigenvalue weighted by Gasteiger charge is 2.21. The van der Waals surface area contributed by atoms with Crippen LogP contribution in [0.25, 0.3) is 0 Å². The summed E-state index contributed by atoms with van der Waals surface area (Å²) in [6, 6.07) is 9.97. The van der Waals surface area contributed by atoms with Crippen LogP contribution in [0, 0.1) is 6.92 Å². The van der Waals surface area contributed by atoms with Crippen LogP contribution in [0.1, 0.15) is 18.1 Å². The van der Waals surface area contributed by atoms with Gasteiger partial charge in [-0.15, -0.1) is 0 Å². The summed E-state index contributed by atoms with van der Waals surface area (Å²) in [5.74, 6) is 1.56. The number of hydrogen-bond acceptors (Lipinski definition) is 6. The molecule has 0 spiro atoms. The minimum atomic E-state index is -3.73. The summed E-state index contributed by atoms with van der Waals surface area (Å²) >= 11 is 0. The molecule has 0 fully saturated rings. The van der Waals surface area contributed by atoms with Crippen LogP contribution in [-0.2, 0) is 10.0 Å². The lowest BCUT2D eigenvalue weighted by Gasteiger charge is -2.09. The molecule has 25 heavy (non-hydrogen) atoms. The summed E-state index contributed by atoms with van der Waals surface area (Å²) < 4.78 is 40.6. The highest BCUT2D eigenvalue weighted by atomic mass is 32.2. The van der Waals surface area contributed by atoms with Crippen LogP contribution in [0.3, 0.4) is 0 Å². The van der Waals surface area contributed by atoms with Gasteiger partial charge >= 0.3 is 0 Å². The van der Waals surface area contributed by atoms with Gasteiger partial charge in [-0.25, -0.2) is 0 Å². The second kappa shape index (κ2) is 6.64. The summed E-state index contributed by atoms with van der Waals surface area (Å²) in [7, 11) is -2.21. The lowest BCUT2D eigenvalue weighted by atomic mass is 10.1. The minimum Gasteiger partial charge on any atom is -0.493 e. The maximum Gasteiger partial charge on any atom is 0.276 e. The zero-order valence-corrected chi connectivity index (χ0v) is 14.9. The van der Waals surface area contributed by atoms with Gasteiger partial charge in [0.15, 0.2) is 11.5 Å². The third-order valence-electron chi connectivity index (χ3n) is 3.74. The zero-order valence-electron chi connectivity index (χ0n) is 14.1. The van der Waals surface area contributed by atoms with Crippen molar-refractivity contribution in [1.29, 1.82) is 0 Å². The highest BCUT2D eigenvalue weighted by molar-refractivity contribution is 7.89. The van der Waals surface area contributed by atoms with Crippen molar-refractivity contribution >= 4 is 15.7 Å². The number of benzene rings is 2. The Balaban J connectivity index is 1.86. The maximum atomic E-state index is 12.3. The predicted octanol–water partition coefficient (Wildman–Crippen LogP) is 2.43. The summed E-state index contributed by atoms with van der Waals surface area (Å²) in [4.78, 5) is 2.40. The fraction of sp³-hybridized carbons (Fsp3) is 0.235. The van der Waals surface area contributed by atoms with Crippen LogP contribution >= 0.6 is 0 Å². The van der Waals surface area contributed by atoms with E-state index in [1.165, 1.54) is 19.2 Å². The average molecular weight is 362 g/mol. The molecule has 1 heterocycles. The van der Waals surface area contributed by atoms with E-state index in [9.17, 15) is 8.42 Å². The van der Waals surface area contributed by atoms with Crippen molar-refractivity contribution < 1.29 is 22.6 Å². The number of nitrogens with zero attached hydrogens (tertiary/aromatic N) is 1. The summed E-state index contributed by atoms with van der Waals surface area (Å²) in [6.45, 7) is 3.69. The molecular formula is C17H18N2O5S. The van der Waals surface area contributed by atoms with Gasteiger partial charge in [-0.1, -0.05) is 17.7 Å². The molecular weight excluding hydrogens is 344 g/mol. The lowest BCUT2D eigenvalue weighted by Crippen LogP contribution is -2.20. The molecule has 132 valence electrons. The fourth-order valence-electron chi connectivity index (χ4n) is 2.30. The van der Waals surface area contributed by atoms with Gasteiger partial charge < -0.3 is 14.2 Å². The van der Waals surface area contributed by atoms with E-state index in [-0.39, 0.29) is 11.7 Å². The molecule has 1 N–H and O–H groups in total. The Hall–Kier alpha value is -2.74. The van der Waals surface area contributed by atoms with Crippen LogP contribution in [-0.4, -0.2) is 28.0 Å². The zero-order chi connectivity index (χ0) is 18.0. The number of rotatable bonds is 5. The number of hydrogen-bond donors (Lipinski definition) is 1. The van der Waals surface area contributed by atoms with Gasteiger partial charge in [0, 0.05) is 5.56 Å². The first-order chi connectivity index (χ1) is 11.9. The van der Waals surface area contributed by atoms with E-state index in [2.05, 4.69) is 9.93 Å². The molecule has 2 aromatic carbocycles. The number of methoxy groups -OCH3 is 1. The average Bonchev–Trinajstić information content (AvgIpc) is 3.08. The molecule has 0 saturated heterocycles. The van der Waals surface area contributed by atoms with Crippen LogP contribution < -0.4 is 19.0 Å². The van der Waals surface area contributed by atoms with Crippen LogP contribution in [0.2, 0.25) is 0 Å². The molecule has 0 saturated carbocycles. The van der Waals surface area contributed by atoms with Gasteiger partial charge in [-0.05, 0) is 38.1 Å². The Morgan fingerprint density at radius 1 is 1.20 bits per heavy atom. The van der Waals surface area contributed by atoms with Crippen molar-refractivity contribution in [2.24, 2.45) is 5.10 Å². The van der Waals surface area contributed by atoms with Gasteiger partial charge in [0.05, 0.1) is 17.7 Å². The van der Waals surface area contributed by atoms with E-state index in [0.717, 1.165) is 5.56 Å². The number of hydrazone groups is 1. The third kappa shape index (κ3) is 3.53. The molecule has 8 heteroatoms. The molecule has 0 amide bonds. The number of ether oxygens (including phenoxy) is 3. The minimum absolute atomic E-state index is 0.116. The Labute approximate surface area is 146 Å². The number of sulfonamides is 1. The standard InChI is InChI=1S/C17H18N2O5S/c1-11-4-6-14(7-5-11)25(20,21)19-18-12(2)13-8-15(22-3)17-16(9-13)23-10-24-17/h4-9,19H,10H2,1-3H3/b18-12-. The van der Waals surface area contributed by atoms with Crippen LogP contribution in [0.4, 0.5) is 0 Å². The van der Waals surface area contributed by atoms with Crippen molar-refractivity contribution in [1.82, 2.24) is 4.83 Å². The lowest BCUT2D eigenvalue weighted by molar-refractivity contribution is 0.171. The molecule has 0 unspecified atom stereocenters. The monoisotopic (exact) mass is 362 g/mol. The van der Waals surface area contributed by atoms with Gasteiger partial charge in [0.2, 0.25) is 12.5 Å². The van der Waals surface area contributed by atoms with Crippen molar-refractivity contribution in [3.05, 3.63) is 47.5 Å². The smallest absolute Gasteiger partial charge is 0.276 e. The van der Waals surface area contributed by atoms with E-state index >= 15 is 0 Å². The summed E-state index contributed by atoms with van der Waals surface area (Å²) in [6.07, 6.45) is 0. The van der Waals surface area contributed by atoms with Gasteiger partial charge in [0.25, 0.3) is 10.0 Å². The van der Waals surface area contributed by atoms with Crippen molar-refractivity contribution in [3.8, 4) is 17.2 Å². The van der Waals surface area contributed by atoms with Crippen LogP contribution in [0.5, 0.6) is 17.2 Å². The number of nitrogens with one attached hydrogen (secondary N) is 1. The molecule has 0 radical (unpaired) electrons. The van der Waals surface area contributed by atoms with Crippen molar-refractivity contribution in [3.63, 3.8) is 0 Å². The Kier molecular flexibility index (Phi) is 4.54. The molecule has 3 rings (SSSR count). The predicted molar refractivity (Wildman–Crippen MR) is 92.8 cm³/mol. The number of aryl methyl sites for hydroxylation is 1. The largest absolute Gasteiger partial charge is 0.493 e. The second-order valence-corrected chi connectivity index (χ2v) is 7.18. The first-order valence-corrected chi connectivity index (χ1v) is 9.00. The Morgan fingerprint density at radius 2 is 1.92 bits per heavy atom. The fourth-order valence-corrected chi connectivity index (χ4v) is 3.16. The third-order valence-corrected chi connectivity index (χ3v) is 4.97. The van der Waals surface area contributed by atoms with Crippen LogP contribution in [0.15, 0.2) is 46.4 Å². The van der Waals surface area contributed by atoms with Gasteiger partial charge in [-0.3, -0.25) is 0 Å². The number of fused-ring (bicyclic) bond motifs is 1. The van der Waals surface area contributed by atoms with E-state index in [1.807, 2.05) is 6.92 Å². The SMILES string of the molecule is COc1cc(/C(C)=N\NS(=O)(=O)c2ccc(C)cc2)cc2c1OCO2. The van der Waals surface area contributed by atoms with E-state index < -0.39 is 10.0 Å². The van der Waals surface area contributed by atoms with E-state index in [1.54, 1.807) is 31.2 Å².